The molecule has 5 heteroatoms. The molecular weight excluding hydrogens is 370 g/mol. The fourth-order valence-corrected chi connectivity index (χ4v) is 4.50. The molecule has 0 radical (unpaired) electrons. The summed E-state index contributed by atoms with van der Waals surface area (Å²) in [5, 5.41) is 14.4. The van der Waals surface area contributed by atoms with E-state index in [1.807, 2.05) is 43.6 Å². The van der Waals surface area contributed by atoms with Crippen molar-refractivity contribution in [3.63, 3.8) is 0 Å². The minimum atomic E-state index is 0.360. The molecule has 1 saturated carbocycles. The Kier molecular flexibility index (Phi) is 4.76. The predicted molar refractivity (Wildman–Crippen MR) is 117 cm³/mol. The monoisotopic (exact) mass is 393 g/mol. The van der Waals surface area contributed by atoms with Gasteiger partial charge < -0.3 is 0 Å². The van der Waals surface area contributed by atoms with E-state index in [0.29, 0.717) is 11.5 Å². The summed E-state index contributed by atoms with van der Waals surface area (Å²) in [5.74, 6) is 0.360. The number of hydrogen-bond acceptors (Lipinski definition) is 4. The van der Waals surface area contributed by atoms with Crippen molar-refractivity contribution in [1.82, 2.24) is 19.6 Å². The number of hydrogen-bond donors (Lipinski definition) is 0. The van der Waals surface area contributed by atoms with Crippen LogP contribution < -0.4 is 0 Å². The molecule has 1 aliphatic rings. The minimum absolute atomic E-state index is 0.360. The summed E-state index contributed by atoms with van der Waals surface area (Å²) in [6, 6.07) is 16.7. The molecule has 0 saturated heterocycles. The van der Waals surface area contributed by atoms with Crippen LogP contribution in [0.4, 0.5) is 0 Å². The first-order valence-corrected chi connectivity index (χ1v) is 10.6. The van der Waals surface area contributed by atoms with Crippen molar-refractivity contribution in [2.45, 2.75) is 44.9 Å². The second-order valence-corrected chi connectivity index (χ2v) is 8.00. The van der Waals surface area contributed by atoms with Gasteiger partial charge in [-0.15, -0.1) is 0 Å². The number of benzene rings is 1. The van der Waals surface area contributed by atoms with E-state index in [9.17, 15) is 5.26 Å². The highest BCUT2D eigenvalue weighted by Gasteiger charge is 2.24. The summed E-state index contributed by atoms with van der Waals surface area (Å²) in [5.41, 5.74) is 7.26. The van der Waals surface area contributed by atoms with Crippen molar-refractivity contribution in [1.29, 1.82) is 5.26 Å². The highest BCUT2D eigenvalue weighted by Crippen LogP contribution is 2.35. The fraction of sp³-hybridized carbons (Fsp3) is 0.280. The third kappa shape index (κ3) is 3.15. The van der Waals surface area contributed by atoms with E-state index in [1.165, 1.54) is 19.3 Å². The summed E-state index contributed by atoms with van der Waals surface area (Å²) < 4.78 is 1.80. The second kappa shape index (κ2) is 7.72. The van der Waals surface area contributed by atoms with Crippen molar-refractivity contribution >= 4 is 5.65 Å². The lowest BCUT2D eigenvalue weighted by Crippen LogP contribution is -2.12. The SMILES string of the molecule is Cc1c(C#N)c(C2CCCCC2)nc2c(-c3ccc(-c4ccccc4)nc3)cnn12. The van der Waals surface area contributed by atoms with Crippen molar-refractivity contribution in [3.05, 3.63) is 71.8 Å². The number of nitrogens with zero attached hydrogens (tertiary/aromatic N) is 5. The molecule has 1 aliphatic carbocycles. The number of rotatable bonds is 3. The molecule has 0 amide bonds. The molecule has 148 valence electrons. The molecule has 5 nitrogen and oxygen atoms in total. The van der Waals surface area contributed by atoms with Crippen LogP contribution in [0, 0.1) is 18.3 Å². The molecule has 0 aliphatic heterocycles. The van der Waals surface area contributed by atoms with Gasteiger partial charge >= 0.3 is 0 Å². The average Bonchev–Trinajstić information content (AvgIpc) is 3.25. The quantitative estimate of drug-likeness (QED) is 0.449. The predicted octanol–water partition coefficient (Wildman–Crippen LogP) is 5.69. The minimum Gasteiger partial charge on any atom is -0.256 e. The lowest BCUT2D eigenvalue weighted by atomic mass is 9.85. The summed E-state index contributed by atoms with van der Waals surface area (Å²) in [6.45, 7) is 1.97. The molecule has 1 fully saturated rings. The zero-order valence-electron chi connectivity index (χ0n) is 17.0. The van der Waals surface area contributed by atoms with E-state index in [-0.39, 0.29) is 0 Å². The Morgan fingerprint density at radius 2 is 1.77 bits per heavy atom. The molecule has 0 N–H and O–H groups in total. The van der Waals surface area contributed by atoms with E-state index in [2.05, 4.69) is 34.4 Å². The van der Waals surface area contributed by atoms with Gasteiger partial charge in [0, 0.05) is 28.8 Å². The van der Waals surface area contributed by atoms with Gasteiger partial charge in [-0.25, -0.2) is 9.50 Å². The van der Waals surface area contributed by atoms with Crippen molar-refractivity contribution < 1.29 is 0 Å². The summed E-state index contributed by atoms with van der Waals surface area (Å²) in [6.07, 6.45) is 9.62. The third-order valence-corrected chi connectivity index (χ3v) is 6.15. The summed E-state index contributed by atoms with van der Waals surface area (Å²) in [4.78, 5) is 9.66. The van der Waals surface area contributed by atoms with Gasteiger partial charge in [-0.2, -0.15) is 10.4 Å². The molecular formula is C25H23N5. The molecule has 0 bridgehead atoms. The van der Waals surface area contributed by atoms with Gasteiger partial charge in [0.05, 0.1) is 28.8 Å². The van der Waals surface area contributed by atoms with Gasteiger partial charge in [0.1, 0.15) is 6.07 Å². The number of nitriles is 1. The van der Waals surface area contributed by atoms with Gasteiger partial charge in [0.15, 0.2) is 5.65 Å². The van der Waals surface area contributed by atoms with E-state index in [1.54, 1.807) is 4.52 Å². The molecule has 3 heterocycles. The summed E-state index contributed by atoms with van der Waals surface area (Å²) >= 11 is 0. The molecule has 30 heavy (non-hydrogen) atoms. The van der Waals surface area contributed by atoms with Crippen LogP contribution in [0.15, 0.2) is 54.9 Å². The highest BCUT2D eigenvalue weighted by molar-refractivity contribution is 5.78. The molecule has 0 spiro atoms. The number of pyridine rings is 1. The first-order chi connectivity index (χ1) is 14.8. The zero-order chi connectivity index (χ0) is 20.5. The third-order valence-electron chi connectivity index (χ3n) is 6.15. The number of aryl methyl sites for hydroxylation is 1. The largest absolute Gasteiger partial charge is 0.256 e. The topological polar surface area (TPSA) is 66.9 Å². The fourth-order valence-electron chi connectivity index (χ4n) is 4.50. The lowest BCUT2D eigenvalue weighted by molar-refractivity contribution is 0.436. The Hall–Kier alpha value is -3.52. The number of fused-ring (bicyclic) bond motifs is 1. The second-order valence-electron chi connectivity index (χ2n) is 8.00. The van der Waals surface area contributed by atoms with Crippen LogP contribution in [0.25, 0.3) is 28.0 Å². The van der Waals surface area contributed by atoms with Crippen molar-refractivity contribution in [2.24, 2.45) is 0 Å². The maximum atomic E-state index is 9.81. The van der Waals surface area contributed by atoms with Crippen LogP contribution in [0.1, 0.15) is 55.0 Å². The molecule has 5 rings (SSSR count). The first-order valence-electron chi connectivity index (χ1n) is 10.6. The number of aromatic nitrogens is 4. The van der Waals surface area contributed by atoms with Crippen molar-refractivity contribution in [3.8, 4) is 28.5 Å². The van der Waals surface area contributed by atoms with Gasteiger partial charge in [0.25, 0.3) is 0 Å². The average molecular weight is 393 g/mol. The molecule has 0 unspecified atom stereocenters. The highest BCUT2D eigenvalue weighted by atomic mass is 15.3. The van der Waals surface area contributed by atoms with E-state index >= 15 is 0 Å². The van der Waals surface area contributed by atoms with Crippen LogP contribution in [0.2, 0.25) is 0 Å². The smallest absolute Gasteiger partial charge is 0.163 e. The molecule has 3 aromatic heterocycles. The zero-order valence-corrected chi connectivity index (χ0v) is 17.0. The van der Waals surface area contributed by atoms with E-state index < -0.39 is 0 Å². The van der Waals surface area contributed by atoms with Gasteiger partial charge in [-0.3, -0.25) is 4.98 Å². The Balaban J connectivity index is 1.60. The lowest BCUT2D eigenvalue weighted by Gasteiger charge is -2.22. The Morgan fingerprint density at radius 1 is 0.967 bits per heavy atom. The Bertz CT molecular complexity index is 1230. The maximum Gasteiger partial charge on any atom is 0.163 e. The van der Waals surface area contributed by atoms with Crippen LogP contribution in [0.5, 0.6) is 0 Å². The van der Waals surface area contributed by atoms with Crippen LogP contribution in [0.3, 0.4) is 0 Å². The molecule has 0 atom stereocenters. The van der Waals surface area contributed by atoms with Gasteiger partial charge in [0.2, 0.25) is 0 Å². The standard InChI is InChI=1S/C25H23N5/c1-17-21(14-26)24(19-10-6-3-7-11-19)29-25-22(16-28-30(17)25)20-12-13-23(27-15-20)18-8-4-2-5-9-18/h2,4-5,8-9,12-13,15-16,19H,3,6-7,10-11H2,1H3. The van der Waals surface area contributed by atoms with Crippen LogP contribution in [-0.2, 0) is 0 Å². The maximum absolute atomic E-state index is 9.81. The van der Waals surface area contributed by atoms with E-state index in [0.717, 1.165) is 52.3 Å². The van der Waals surface area contributed by atoms with Crippen LogP contribution in [-0.4, -0.2) is 19.6 Å². The van der Waals surface area contributed by atoms with Gasteiger partial charge in [-0.05, 0) is 25.8 Å². The van der Waals surface area contributed by atoms with E-state index in [4.69, 9.17) is 4.98 Å². The molecule has 4 aromatic rings. The first kappa shape index (κ1) is 18.5. The molecule has 1 aromatic carbocycles. The Morgan fingerprint density at radius 3 is 2.47 bits per heavy atom. The van der Waals surface area contributed by atoms with Crippen molar-refractivity contribution in [2.75, 3.05) is 0 Å². The normalized spacial score (nSPS) is 14.7. The van der Waals surface area contributed by atoms with Gasteiger partial charge in [-0.1, -0.05) is 55.7 Å². The summed E-state index contributed by atoms with van der Waals surface area (Å²) in [7, 11) is 0. The Labute approximate surface area is 176 Å². The van der Waals surface area contributed by atoms with Crippen LogP contribution >= 0.6 is 0 Å².